The number of likely N-dealkylation sites (N-methyl/N-ethyl adjacent to an activating group) is 1. The molecule has 1 N–H and O–H groups in total. The predicted molar refractivity (Wildman–Crippen MR) is 85.5 cm³/mol. The molecule has 0 saturated heterocycles. The summed E-state index contributed by atoms with van der Waals surface area (Å²) in [6, 6.07) is 12.6. The minimum Gasteiger partial charge on any atom is -0.312 e. The van der Waals surface area contributed by atoms with Gasteiger partial charge in [0.2, 0.25) is 0 Å². The maximum Gasteiger partial charge on any atom is 0.0931 e. The van der Waals surface area contributed by atoms with E-state index >= 15 is 0 Å². The van der Waals surface area contributed by atoms with E-state index in [1.807, 2.05) is 30.9 Å². The molecule has 3 nitrogen and oxygen atoms in total. The van der Waals surface area contributed by atoms with Gasteiger partial charge in [0.25, 0.3) is 0 Å². The van der Waals surface area contributed by atoms with Crippen molar-refractivity contribution in [1.29, 1.82) is 0 Å². The number of hydrogen-bond donors (Lipinski definition) is 1. The summed E-state index contributed by atoms with van der Waals surface area (Å²) >= 11 is 7.65. The van der Waals surface area contributed by atoms with Crippen molar-refractivity contribution in [3.63, 3.8) is 0 Å². The van der Waals surface area contributed by atoms with E-state index in [0.29, 0.717) is 0 Å². The van der Waals surface area contributed by atoms with Crippen LogP contribution in [-0.2, 0) is 13.5 Å². The average Bonchev–Trinajstić information content (AvgIpc) is 3.01. The van der Waals surface area contributed by atoms with Crippen LogP contribution in [0.15, 0.2) is 36.4 Å². The highest BCUT2D eigenvalue weighted by atomic mass is 35.5. The number of para-hydroxylation sites is 1. The van der Waals surface area contributed by atoms with Gasteiger partial charge < -0.3 is 5.32 Å². The zero-order valence-electron chi connectivity index (χ0n) is 11.4. The van der Waals surface area contributed by atoms with E-state index in [1.54, 1.807) is 11.3 Å². The molecule has 0 aliphatic heterocycles. The van der Waals surface area contributed by atoms with Gasteiger partial charge in [-0.15, -0.1) is 11.3 Å². The maximum absolute atomic E-state index is 6.03. The van der Waals surface area contributed by atoms with Crippen molar-refractivity contribution in [3.05, 3.63) is 51.3 Å². The second-order valence-electron chi connectivity index (χ2n) is 4.77. The highest BCUT2D eigenvalue weighted by Gasteiger charge is 2.16. The molecule has 1 atom stereocenters. The Hall–Kier alpha value is -1.36. The summed E-state index contributed by atoms with van der Waals surface area (Å²) in [6.45, 7) is 0. The van der Waals surface area contributed by atoms with Gasteiger partial charge in [0.05, 0.1) is 15.5 Å². The third kappa shape index (κ3) is 2.46. The number of rotatable bonds is 4. The smallest absolute Gasteiger partial charge is 0.0931 e. The van der Waals surface area contributed by atoms with Crippen LogP contribution in [0.5, 0.6) is 0 Å². The van der Waals surface area contributed by atoms with Gasteiger partial charge in [-0.25, -0.2) is 0 Å². The SMILES string of the molecule is CNC(Cc1nn(C)c2ccccc12)c1ccc(Cl)s1. The van der Waals surface area contributed by atoms with E-state index in [1.165, 1.54) is 15.8 Å². The Morgan fingerprint density at radius 3 is 2.80 bits per heavy atom. The van der Waals surface area contributed by atoms with Gasteiger partial charge in [-0.2, -0.15) is 5.10 Å². The second-order valence-corrected chi connectivity index (χ2v) is 6.52. The fourth-order valence-electron chi connectivity index (χ4n) is 2.49. The van der Waals surface area contributed by atoms with Crippen LogP contribution in [0.3, 0.4) is 0 Å². The van der Waals surface area contributed by atoms with E-state index in [4.69, 9.17) is 11.6 Å². The lowest BCUT2D eigenvalue weighted by Gasteiger charge is -2.13. The summed E-state index contributed by atoms with van der Waals surface area (Å²) in [5.74, 6) is 0. The molecule has 5 heteroatoms. The van der Waals surface area contributed by atoms with Gasteiger partial charge in [0.1, 0.15) is 0 Å². The number of hydrogen-bond acceptors (Lipinski definition) is 3. The normalized spacial score (nSPS) is 12.9. The zero-order valence-corrected chi connectivity index (χ0v) is 13.0. The molecule has 104 valence electrons. The molecule has 0 aliphatic rings. The van der Waals surface area contributed by atoms with Gasteiger partial charge in [-0.05, 0) is 25.2 Å². The number of benzene rings is 1. The Kier molecular flexibility index (Phi) is 3.78. The summed E-state index contributed by atoms with van der Waals surface area (Å²) in [7, 11) is 3.96. The van der Waals surface area contributed by atoms with Crippen LogP contribution >= 0.6 is 22.9 Å². The first-order valence-electron chi connectivity index (χ1n) is 6.52. The molecule has 0 spiro atoms. The monoisotopic (exact) mass is 305 g/mol. The standard InChI is InChI=1S/C15H16ClN3S/c1-17-12(14-7-8-15(16)20-14)9-11-10-5-3-4-6-13(10)19(2)18-11/h3-8,12,17H,9H2,1-2H3. The number of aromatic nitrogens is 2. The molecule has 20 heavy (non-hydrogen) atoms. The lowest BCUT2D eigenvalue weighted by Crippen LogP contribution is -2.18. The number of thiophene rings is 1. The van der Waals surface area contributed by atoms with Crippen LogP contribution in [0.1, 0.15) is 16.6 Å². The van der Waals surface area contributed by atoms with E-state index < -0.39 is 0 Å². The molecule has 2 heterocycles. The summed E-state index contributed by atoms with van der Waals surface area (Å²) in [4.78, 5) is 1.24. The second kappa shape index (κ2) is 5.56. The molecule has 3 rings (SSSR count). The van der Waals surface area contributed by atoms with Gasteiger partial charge in [-0.3, -0.25) is 4.68 Å². The lowest BCUT2D eigenvalue weighted by atomic mass is 10.1. The Labute approximate surface area is 127 Å². The molecule has 0 radical (unpaired) electrons. The summed E-state index contributed by atoms with van der Waals surface area (Å²) < 4.78 is 2.77. The summed E-state index contributed by atoms with van der Waals surface area (Å²) in [5.41, 5.74) is 2.29. The van der Waals surface area contributed by atoms with Gasteiger partial charge in [0, 0.05) is 29.8 Å². The molecule has 0 bridgehead atoms. The molecule has 3 aromatic rings. The number of nitrogens with zero attached hydrogens (tertiary/aromatic N) is 2. The van der Waals surface area contributed by atoms with Crippen molar-refractivity contribution in [3.8, 4) is 0 Å². The molecule has 1 unspecified atom stereocenters. The minimum atomic E-state index is 0.241. The largest absolute Gasteiger partial charge is 0.312 e. The van der Waals surface area contributed by atoms with Crippen LogP contribution in [-0.4, -0.2) is 16.8 Å². The van der Waals surface area contributed by atoms with Gasteiger partial charge in [0.15, 0.2) is 0 Å². The first-order valence-corrected chi connectivity index (χ1v) is 7.71. The Balaban J connectivity index is 1.95. The zero-order chi connectivity index (χ0) is 14.1. The van der Waals surface area contributed by atoms with E-state index in [-0.39, 0.29) is 6.04 Å². The van der Waals surface area contributed by atoms with E-state index in [9.17, 15) is 0 Å². The molecule has 0 aliphatic carbocycles. The molecule has 0 amide bonds. The van der Waals surface area contributed by atoms with Gasteiger partial charge in [-0.1, -0.05) is 29.8 Å². The Morgan fingerprint density at radius 1 is 1.30 bits per heavy atom. The third-order valence-electron chi connectivity index (χ3n) is 3.52. The molecular weight excluding hydrogens is 290 g/mol. The van der Waals surface area contributed by atoms with Gasteiger partial charge >= 0.3 is 0 Å². The topological polar surface area (TPSA) is 29.9 Å². The highest BCUT2D eigenvalue weighted by Crippen LogP contribution is 2.30. The minimum absolute atomic E-state index is 0.241. The van der Waals surface area contributed by atoms with Crippen LogP contribution in [0.4, 0.5) is 0 Å². The quantitative estimate of drug-likeness (QED) is 0.795. The van der Waals surface area contributed by atoms with Crippen molar-refractivity contribution in [2.24, 2.45) is 7.05 Å². The Bertz CT molecular complexity index is 732. The molecule has 0 fully saturated rings. The highest BCUT2D eigenvalue weighted by molar-refractivity contribution is 7.16. The summed E-state index contributed by atoms with van der Waals surface area (Å²) in [5, 5.41) is 9.24. The van der Waals surface area contributed by atoms with E-state index in [0.717, 1.165) is 16.5 Å². The van der Waals surface area contributed by atoms with Crippen molar-refractivity contribution in [2.75, 3.05) is 7.05 Å². The molecular formula is C15H16ClN3S. The van der Waals surface area contributed by atoms with Crippen LogP contribution in [0.25, 0.3) is 10.9 Å². The van der Waals surface area contributed by atoms with Crippen molar-refractivity contribution in [1.82, 2.24) is 15.1 Å². The van der Waals surface area contributed by atoms with Crippen LogP contribution in [0.2, 0.25) is 4.34 Å². The number of fused-ring (bicyclic) bond motifs is 1. The molecule has 1 aromatic carbocycles. The average molecular weight is 306 g/mol. The van der Waals surface area contributed by atoms with Crippen LogP contribution < -0.4 is 5.32 Å². The number of aryl methyl sites for hydroxylation is 1. The van der Waals surface area contributed by atoms with Crippen molar-refractivity contribution < 1.29 is 0 Å². The molecule has 0 saturated carbocycles. The number of nitrogens with one attached hydrogen (secondary N) is 1. The fraction of sp³-hybridized carbons (Fsp3) is 0.267. The first kappa shape index (κ1) is 13.6. The lowest BCUT2D eigenvalue weighted by molar-refractivity contribution is 0.588. The Morgan fingerprint density at radius 2 is 2.10 bits per heavy atom. The first-order chi connectivity index (χ1) is 9.69. The number of halogens is 1. The van der Waals surface area contributed by atoms with E-state index in [2.05, 4.69) is 34.7 Å². The third-order valence-corrected chi connectivity index (χ3v) is 4.86. The summed E-state index contributed by atoms with van der Waals surface area (Å²) in [6.07, 6.45) is 0.856. The van der Waals surface area contributed by atoms with Crippen molar-refractivity contribution in [2.45, 2.75) is 12.5 Å². The molecule has 2 aromatic heterocycles. The maximum atomic E-state index is 6.03. The fourth-order valence-corrected chi connectivity index (χ4v) is 3.66. The van der Waals surface area contributed by atoms with Crippen LogP contribution in [0, 0.1) is 0 Å². The van der Waals surface area contributed by atoms with Crippen molar-refractivity contribution >= 4 is 33.8 Å². The predicted octanol–water partition coefficient (Wildman–Crippen LogP) is 3.79.